The first-order chi connectivity index (χ1) is 10.6. The average molecular weight is 484 g/mol. The normalized spacial score (nSPS) is 10.3. The van der Waals surface area contributed by atoms with Crippen molar-refractivity contribution in [3.63, 3.8) is 0 Å². The minimum Gasteiger partial charge on any atom is -0.516 e. The molecule has 0 fully saturated rings. The second-order valence-corrected chi connectivity index (χ2v) is 5.51. The van der Waals surface area contributed by atoms with Gasteiger partial charge in [-0.2, -0.15) is 0 Å². The third-order valence-electron chi connectivity index (χ3n) is 3.77. The molecular formula is C19H19IrN2O-. The number of nitrogens with zero attached hydrogens (tertiary/aromatic N) is 2. The molecule has 0 saturated carbocycles. The molecule has 1 aromatic heterocycles. The summed E-state index contributed by atoms with van der Waals surface area (Å²) in [4.78, 5) is 4.52. The Morgan fingerprint density at radius 1 is 1.09 bits per heavy atom. The summed E-state index contributed by atoms with van der Waals surface area (Å²) in [5.74, 6) is 1.68. The molecule has 0 N–H and O–H groups in total. The Bertz CT molecular complexity index is 801. The molecule has 23 heavy (non-hydrogen) atoms. The predicted octanol–water partition coefficient (Wildman–Crippen LogP) is 4.27. The molecule has 3 nitrogen and oxygen atoms in total. The molecule has 121 valence electrons. The maximum Gasteiger partial charge on any atom is 0.0751 e. The second kappa shape index (κ2) is 7.12. The van der Waals surface area contributed by atoms with Gasteiger partial charge in [0.15, 0.2) is 0 Å². The van der Waals surface area contributed by atoms with Crippen LogP contribution in [-0.2, 0) is 20.1 Å². The van der Waals surface area contributed by atoms with Crippen LogP contribution in [0.1, 0.15) is 16.7 Å². The molecule has 0 aliphatic carbocycles. The Hall–Kier alpha value is -1.90. The fraction of sp³-hybridized carbons (Fsp3) is 0.211. The molecule has 3 aromatic rings. The van der Waals surface area contributed by atoms with Crippen LogP contribution < -0.4 is 4.74 Å². The summed E-state index contributed by atoms with van der Waals surface area (Å²) >= 11 is 0. The van der Waals surface area contributed by atoms with Crippen molar-refractivity contribution in [3.8, 4) is 22.8 Å². The van der Waals surface area contributed by atoms with Gasteiger partial charge in [-0.3, -0.25) is 4.98 Å². The van der Waals surface area contributed by atoms with Gasteiger partial charge >= 0.3 is 0 Å². The van der Waals surface area contributed by atoms with Crippen LogP contribution in [0.15, 0.2) is 42.7 Å². The van der Waals surface area contributed by atoms with Crippen LogP contribution >= 0.6 is 0 Å². The van der Waals surface area contributed by atoms with E-state index in [2.05, 4.69) is 48.5 Å². The van der Waals surface area contributed by atoms with E-state index in [1.807, 2.05) is 30.6 Å². The number of aromatic nitrogens is 2. The van der Waals surface area contributed by atoms with E-state index in [1.165, 1.54) is 22.4 Å². The van der Waals surface area contributed by atoms with Crippen LogP contribution in [0.2, 0.25) is 0 Å². The number of methoxy groups -OCH3 is 1. The Morgan fingerprint density at radius 3 is 2.43 bits per heavy atom. The molecule has 0 bridgehead atoms. The van der Waals surface area contributed by atoms with Crippen molar-refractivity contribution >= 4 is 0 Å². The van der Waals surface area contributed by atoms with E-state index in [9.17, 15) is 0 Å². The fourth-order valence-corrected chi connectivity index (χ4v) is 2.94. The third kappa shape index (κ3) is 3.39. The van der Waals surface area contributed by atoms with E-state index >= 15 is 0 Å². The van der Waals surface area contributed by atoms with Gasteiger partial charge < -0.3 is 9.30 Å². The molecule has 0 aliphatic rings. The van der Waals surface area contributed by atoms with Gasteiger partial charge in [-0.25, -0.2) is 0 Å². The number of hydrogen-bond acceptors (Lipinski definition) is 2. The molecule has 0 atom stereocenters. The number of aryl methyl sites for hydroxylation is 3. The molecule has 0 unspecified atom stereocenters. The largest absolute Gasteiger partial charge is 0.516 e. The van der Waals surface area contributed by atoms with Crippen LogP contribution in [0.25, 0.3) is 17.1 Å². The van der Waals surface area contributed by atoms with E-state index in [-0.39, 0.29) is 20.1 Å². The van der Waals surface area contributed by atoms with Gasteiger partial charge in [0.2, 0.25) is 0 Å². The van der Waals surface area contributed by atoms with Gasteiger partial charge in [-0.15, -0.1) is 23.8 Å². The van der Waals surface area contributed by atoms with Gasteiger partial charge in [0, 0.05) is 43.9 Å². The number of ether oxygens (including phenoxy) is 1. The standard InChI is InChI=1S/C19H19N2O.Ir/c1-13-10-14(2)18(15(3)11-13)21-9-8-20-19(21)16-6-5-7-17(12-16)22-4;/h5,7-12H,1-4H3;/q-1;. The molecule has 0 amide bonds. The van der Waals surface area contributed by atoms with Crippen LogP contribution in [0.3, 0.4) is 0 Å². The summed E-state index contributed by atoms with van der Waals surface area (Å²) in [6.45, 7) is 6.39. The van der Waals surface area contributed by atoms with Gasteiger partial charge in [0.25, 0.3) is 0 Å². The summed E-state index contributed by atoms with van der Waals surface area (Å²) in [5.41, 5.74) is 5.84. The molecule has 1 heterocycles. The first-order valence-corrected chi connectivity index (χ1v) is 7.28. The van der Waals surface area contributed by atoms with Crippen LogP contribution in [0.5, 0.6) is 5.75 Å². The summed E-state index contributed by atoms with van der Waals surface area (Å²) in [6.07, 6.45) is 3.81. The minimum absolute atomic E-state index is 0. The fourth-order valence-electron chi connectivity index (χ4n) is 2.94. The Labute approximate surface area is 150 Å². The number of benzene rings is 2. The van der Waals surface area contributed by atoms with Crippen LogP contribution in [0.4, 0.5) is 0 Å². The number of imidazole rings is 1. The monoisotopic (exact) mass is 484 g/mol. The van der Waals surface area contributed by atoms with E-state index < -0.39 is 0 Å². The van der Waals surface area contributed by atoms with E-state index in [0.29, 0.717) is 0 Å². The zero-order valence-electron chi connectivity index (χ0n) is 13.7. The van der Waals surface area contributed by atoms with Crippen molar-refractivity contribution in [1.82, 2.24) is 9.55 Å². The Morgan fingerprint density at radius 2 is 1.78 bits per heavy atom. The Balaban J connectivity index is 0.00000192. The molecule has 1 radical (unpaired) electrons. The molecule has 2 aromatic carbocycles. The molecule has 0 aliphatic heterocycles. The predicted molar refractivity (Wildman–Crippen MR) is 88.6 cm³/mol. The average Bonchev–Trinajstić information content (AvgIpc) is 2.95. The molecule has 4 heteroatoms. The SMILES string of the molecule is COc1cc[c-]c(-c2nccn2-c2c(C)cc(C)cc2C)c1.[Ir]. The number of hydrogen-bond donors (Lipinski definition) is 0. The zero-order valence-corrected chi connectivity index (χ0v) is 16.1. The van der Waals surface area contributed by atoms with Gasteiger partial charge in [0.1, 0.15) is 0 Å². The van der Waals surface area contributed by atoms with Crippen molar-refractivity contribution in [2.45, 2.75) is 20.8 Å². The van der Waals surface area contributed by atoms with Crippen LogP contribution in [0, 0.1) is 26.8 Å². The molecular weight excluding hydrogens is 464 g/mol. The zero-order chi connectivity index (χ0) is 15.7. The quantitative estimate of drug-likeness (QED) is 0.521. The molecule has 0 saturated heterocycles. The van der Waals surface area contributed by atoms with Gasteiger partial charge in [-0.1, -0.05) is 23.8 Å². The first kappa shape index (κ1) is 17.5. The summed E-state index contributed by atoms with van der Waals surface area (Å²) in [7, 11) is 1.67. The van der Waals surface area contributed by atoms with Crippen molar-refractivity contribution in [2.24, 2.45) is 0 Å². The number of rotatable bonds is 3. The summed E-state index contributed by atoms with van der Waals surface area (Å²) in [5, 5.41) is 0. The molecule has 3 rings (SSSR count). The summed E-state index contributed by atoms with van der Waals surface area (Å²) < 4.78 is 7.43. The Kier molecular flexibility index (Phi) is 5.40. The van der Waals surface area contributed by atoms with E-state index in [1.54, 1.807) is 7.11 Å². The smallest absolute Gasteiger partial charge is 0.0751 e. The maximum atomic E-state index is 5.30. The topological polar surface area (TPSA) is 27.1 Å². The van der Waals surface area contributed by atoms with Crippen molar-refractivity contribution in [3.05, 3.63) is 65.5 Å². The minimum atomic E-state index is 0. The second-order valence-electron chi connectivity index (χ2n) is 5.51. The van der Waals surface area contributed by atoms with Crippen molar-refractivity contribution < 1.29 is 24.8 Å². The molecule has 0 spiro atoms. The third-order valence-corrected chi connectivity index (χ3v) is 3.77. The first-order valence-electron chi connectivity index (χ1n) is 7.28. The van der Waals surface area contributed by atoms with Crippen LogP contribution in [-0.4, -0.2) is 16.7 Å². The van der Waals surface area contributed by atoms with Gasteiger partial charge in [0.05, 0.1) is 12.9 Å². The van der Waals surface area contributed by atoms with Crippen molar-refractivity contribution in [1.29, 1.82) is 0 Å². The van der Waals surface area contributed by atoms with E-state index in [0.717, 1.165) is 17.1 Å². The summed E-state index contributed by atoms with van der Waals surface area (Å²) in [6, 6.07) is 13.3. The van der Waals surface area contributed by atoms with Gasteiger partial charge in [-0.05, 0) is 31.9 Å². The van der Waals surface area contributed by atoms with E-state index in [4.69, 9.17) is 4.74 Å². The maximum absolute atomic E-state index is 5.30. The van der Waals surface area contributed by atoms with Crippen molar-refractivity contribution in [2.75, 3.05) is 7.11 Å².